The second kappa shape index (κ2) is 8.66. The molecular formula is C22H32O3. The van der Waals surface area contributed by atoms with Crippen molar-refractivity contribution < 1.29 is 14.3 Å². The number of aryl methyl sites for hydroxylation is 1. The van der Waals surface area contributed by atoms with Gasteiger partial charge in [0.15, 0.2) is 0 Å². The fraction of sp³-hybridized carbons (Fsp3) is 0.591. The predicted octanol–water partition coefficient (Wildman–Crippen LogP) is 4.80. The topological polar surface area (TPSA) is 35.5 Å². The lowest BCUT2D eigenvalue weighted by molar-refractivity contribution is -0.157. The molecule has 0 spiro atoms. The normalized spacial score (nSPS) is 26.4. The number of carbonyl (C=O) groups is 1. The summed E-state index contributed by atoms with van der Waals surface area (Å²) in [5.74, 6) is 0.649. The van der Waals surface area contributed by atoms with Crippen molar-refractivity contribution in [2.75, 3.05) is 6.61 Å². The summed E-state index contributed by atoms with van der Waals surface area (Å²) in [5, 5.41) is 0. The third-order valence-corrected chi connectivity index (χ3v) is 5.09. The van der Waals surface area contributed by atoms with Crippen molar-refractivity contribution in [2.24, 2.45) is 17.3 Å². The van der Waals surface area contributed by atoms with Gasteiger partial charge in [0.25, 0.3) is 0 Å². The fourth-order valence-corrected chi connectivity index (χ4v) is 3.46. The van der Waals surface area contributed by atoms with Crippen molar-refractivity contribution in [2.45, 2.75) is 59.2 Å². The lowest BCUT2D eigenvalue weighted by Crippen LogP contribution is -2.30. The summed E-state index contributed by atoms with van der Waals surface area (Å²) in [4.78, 5) is 12.1. The lowest BCUT2D eigenvalue weighted by atomic mass is 9.83. The number of carbonyl (C=O) groups excluding carboxylic acids is 1. The quantitative estimate of drug-likeness (QED) is 0.526. The highest BCUT2D eigenvalue weighted by atomic mass is 16.6. The van der Waals surface area contributed by atoms with Crippen LogP contribution in [0.1, 0.15) is 46.1 Å². The Kier molecular flexibility index (Phi) is 6.83. The highest BCUT2D eigenvalue weighted by Gasteiger charge is 2.41. The second-order valence-corrected chi connectivity index (χ2v) is 8.13. The van der Waals surface area contributed by atoms with Crippen LogP contribution in [0.15, 0.2) is 43.0 Å². The van der Waals surface area contributed by atoms with E-state index in [-0.39, 0.29) is 18.2 Å². The minimum Gasteiger partial charge on any atom is -0.463 e. The number of ether oxygens (including phenoxy) is 2. The molecule has 0 radical (unpaired) electrons. The summed E-state index contributed by atoms with van der Waals surface area (Å²) >= 11 is 0. The van der Waals surface area contributed by atoms with E-state index in [0.717, 1.165) is 19.3 Å². The van der Waals surface area contributed by atoms with E-state index in [4.69, 9.17) is 9.47 Å². The number of benzene rings is 1. The Hall–Kier alpha value is -1.61. The number of hydrogen-bond acceptors (Lipinski definition) is 3. The Labute approximate surface area is 152 Å². The SMILES string of the molecule is C=CC[C@H]1O[C@@H](COC(=O)C(C)(C)C)C(CCc2ccccc2)[C@H]1C. The summed E-state index contributed by atoms with van der Waals surface area (Å²) in [6.45, 7) is 12.1. The maximum atomic E-state index is 12.1. The molecule has 1 fully saturated rings. The van der Waals surface area contributed by atoms with E-state index in [1.807, 2.05) is 32.9 Å². The van der Waals surface area contributed by atoms with Crippen LogP contribution in [0.25, 0.3) is 0 Å². The summed E-state index contributed by atoms with van der Waals surface area (Å²) < 4.78 is 11.8. The van der Waals surface area contributed by atoms with Crippen molar-refractivity contribution in [1.29, 1.82) is 0 Å². The van der Waals surface area contributed by atoms with Crippen LogP contribution in [0, 0.1) is 17.3 Å². The molecule has 4 atom stereocenters. The number of rotatable bonds is 7. The highest BCUT2D eigenvalue weighted by Crippen LogP contribution is 2.37. The van der Waals surface area contributed by atoms with E-state index in [0.29, 0.717) is 18.4 Å². The van der Waals surface area contributed by atoms with Crippen LogP contribution in [0.5, 0.6) is 0 Å². The van der Waals surface area contributed by atoms with Crippen molar-refractivity contribution in [1.82, 2.24) is 0 Å². The maximum Gasteiger partial charge on any atom is 0.311 e. The van der Waals surface area contributed by atoms with Crippen molar-refractivity contribution in [3.8, 4) is 0 Å². The molecule has 0 amide bonds. The van der Waals surface area contributed by atoms with Gasteiger partial charge in [-0.3, -0.25) is 4.79 Å². The van der Waals surface area contributed by atoms with Gasteiger partial charge in [-0.05, 0) is 57.4 Å². The van der Waals surface area contributed by atoms with Crippen LogP contribution >= 0.6 is 0 Å². The number of esters is 1. The Morgan fingerprint density at radius 2 is 1.92 bits per heavy atom. The zero-order valence-corrected chi connectivity index (χ0v) is 16.0. The Morgan fingerprint density at radius 1 is 1.24 bits per heavy atom. The van der Waals surface area contributed by atoms with Gasteiger partial charge >= 0.3 is 5.97 Å². The molecule has 1 saturated heterocycles. The van der Waals surface area contributed by atoms with Gasteiger partial charge < -0.3 is 9.47 Å². The molecule has 3 heteroatoms. The third-order valence-electron chi connectivity index (χ3n) is 5.09. The van der Waals surface area contributed by atoms with Gasteiger partial charge in [0.1, 0.15) is 6.61 Å². The Balaban J connectivity index is 2.00. The monoisotopic (exact) mass is 344 g/mol. The average Bonchev–Trinajstić information content (AvgIpc) is 2.86. The van der Waals surface area contributed by atoms with Crippen LogP contribution in [-0.2, 0) is 20.7 Å². The first-order valence-electron chi connectivity index (χ1n) is 9.30. The molecule has 138 valence electrons. The molecule has 0 aromatic heterocycles. The minimum atomic E-state index is -0.482. The first-order chi connectivity index (χ1) is 11.8. The first kappa shape index (κ1) is 19.7. The van der Waals surface area contributed by atoms with Gasteiger partial charge in [-0.2, -0.15) is 0 Å². The van der Waals surface area contributed by atoms with E-state index >= 15 is 0 Å². The molecule has 1 aliphatic rings. The predicted molar refractivity (Wildman–Crippen MR) is 101 cm³/mol. The smallest absolute Gasteiger partial charge is 0.311 e. The minimum absolute atomic E-state index is 0.0324. The first-order valence-corrected chi connectivity index (χ1v) is 9.30. The molecule has 3 nitrogen and oxygen atoms in total. The van der Waals surface area contributed by atoms with E-state index in [2.05, 4.69) is 37.8 Å². The van der Waals surface area contributed by atoms with Gasteiger partial charge in [0, 0.05) is 0 Å². The van der Waals surface area contributed by atoms with Gasteiger partial charge in [-0.25, -0.2) is 0 Å². The van der Waals surface area contributed by atoms with Gasteiger partial charge in [0.05, 0.1) is 17.6 Å². The Morgan fingerprint density at radius 3 is 2.52 bits per heavy atom. The van der Waals surface area contributed by atoms with E-state index in [9.17, 15) is 4.79 Å². The highest BCUT2D eigenvalue weighted by molar-refractivity contribution is 5.75. The van der Waals surface area contributed by atoms with Gasteiger partial charge in [0.2, 0.25) is 0 Å². The molecule has 25 heavy (non-hydrogen) atoms. The van der Waals surface area contributed by atoms with Crippen LogP contribution in [-0.4, -0.2) is 24.8 Å². The van der Waals surface area contributed by atoms with Crippen LogP contribution in [0.2, 0.25) is 0 Å². The maximum absolute atomic E-state index is 12.1. The molecule has 0 N–H and O–H groups in total. The van der Waals surface area contributed by atoms with Crippen molar-refractivity contribution in [3.63, 3.8) is 0 Å². The fourth-order valence-electron chi connectivity index (χ4n) is 3.46. The van der Waals surface area contributed by atoms with Crippen LogP contribution in [0.3, 0.4) is 0 Å². The standard InChI is InChI=1S/C22H32O3/c1-6-10-19-16(2)18(14-13-17-11-8-7-9-12-17)20(25-19)15-24-21(23)22(3,4)5/h6-9,11-12,16,18-20H,1,10,13-15H2,2-5H3/t16-,18?,19-,20+/m1/s1. The second-order valence-electron chi connectivity index (χ2n) is 8.13. The summed E-state index contributed by atoms with van der Waals surface area (Å²) in [6, 6.07) is 10.5. The molecule has 0 saturated carbocycles. The molecule has 2 rings (SSSR count). The van der Waals surface area contributed by atoms with Crippen molar-refractivity contribution >= 4 is 5.97 Å². The van der Waals surface area contributed by atoms with Crippen LogP contribution in [0.4, 0.5) is 0 Å². The van der Waals surface area contributed by atoms with Crippen LogP contribution < -0.4 is 0 Å². The zero-order chi connectivity index (χ0) is 18.4. The molecule has 0 bridgehead atoms. The van der Waals surface area contributed by atoms with Gasteiger partial charge in [-0.15, -0.1) is 6.58 Å². The molecule has 1 aromatic carbocycles. The zero-order valence-electron chi connectivity index (χ0n) is 16.0. The Bertz CT molecular complexity index is 558. The lowest BCUT2D eigenvalue weighted by Gasteiger charge is -2.23. The molecule has 0 aliphatic carbocycles. The molecule has 1 unspecified atom stereocenters. The van der Waals surface area contributed by atoms with E-state index in [1.54, 1.807) is 0 Å². The molecule has 1 aromatic rings. The van der Waals surface area contributed by atoms with E-state index < -0.39 is 5.41 Å². The van der Waals surface area contributed by atoms with Gasteiger partial charge in [-0.1, -0.05) is 43.3 Å². The molecular weight excluding hydrogens is 312 g/mol. The molecule has 1 aliphatic heterocycles. The average molecular weight is 344 g/mol. The third kappa shape index (κ3) is 5.43. The summed E-state index contributed by atoms with van der Waals surface area (Å²) in [6.07, 6.45) is 4.94. The molecule has 1 heterocycles. The van der Waals surface area contributed by atoms with Crippen molar-refractivity contribution in [3.05, 3.63) is 48.6 Å². The van der Waals surface area contributed by atoms with E-state index in [1.165, 1.54) is 5.56 Å². The largest absolute Gasteiger partial charge is 0.463 e. The number of hydrogen-bond donors (Lipinski definition) is 0. The summed E-state index contributed by atoms with van der Waals surface area (Å²) in [7, 11) is 0. The summed E-state index contributed by atoms with van der Waals surface area (Å²) in [5.41, 5.74) is 0.858.